The molecule has 0 spiro atoms. The third-order valence-corrected chi connectivity index (χ3v) is 3.94. The van der Waals surface area contributed by atoms with Crippen molar-refractivity contribution in [3.8, 4) is 0 Å². The van der Waals surface area contributed by atoms with Gasteiger partial charge in [-0.1, -0.05) is 13.0 Å². The molecule has 1 amide bonds. The SMILES string of the molecule is CC(=O)Nc1cccc(Nc2cnnc(N3CCCC(C)C3)n2)c1. The molecule has 2 heterocycles. The van der Waals surface area contributed by atoms with Crippen molar-refractivity contribution in [2.75, 3.05) is 28.6 Å². The van der Waals surface area contributed by atoms with E-state index in [1.54, 1.807) is 6.20 Å². The number of anilines is 4. The first-order valence-electron chi connectivity index (χ1n) is 8.19. The van der Waals surface area contributed by atoms with Gasteiger partial charge < -0.3 is 15.5 Å². The Morgan fingerprint density at radius 1 is 1.33 bits per heavy atom. The summed E-state index contributed by atoms with van der Waals surface area (Å²) in [5, 5.41) is 14.2. The van der Waals surface area contributed by atoms with Crippen molar-refractivity contribution in [1.82, 2.24) is 15.2 Å². The molecule has 1 saturated heterocycles. The lowest BCUT2D eigenvalue weighted by molar-refractivity contribution is -0.114. The van der Waals surface area contributed by atoms with Crippen LogP contribution >= 0.6 is 0 Å². The van der Waals surface area contributed by atoms with E-state index in [4.69, 9.17) is 0 Å². The Bertz CT molecular complexity index is 720. The first-order chi connectivity index (χ1) is 11.6. The number of hydrogen-bond acceptors (Lipinski definition) is 6. The lowest BCUT2D eigenvalue weighted by atomic mass is 10.0. The standard InChI is InChI=1S/C17H22N6O/c1-12-5-4-8-23(11-12)17-21-16(10-18-22-17)20-15-7-3-6-14(9-15)19-13(2)24/h3,6-7,9-10,12H,4-5,8,11H2,1-2H3,(H,19,24)(H,20,21,22). The number of hydrogen-bond donors (Lipinski definition) is 2. The summed E-state index contributed by atoms with van der Waals surface area (Å²) < 4.78 is 0. The summed E-state index contributed by atoms with van der Waals surface area (Å²) >= 11 is 0. The summed E-state index contributed by atoms with van der Waals surface area (Å²) in [6, 6.07) is 7.48. The van der Waals surface area contributed by atoms with Crippen molar-refractivity contribution in [3.63, 3.8) is 0 Å². The number of benzene rings is 1. The van der Waals surface area contributed by atoms with Crippen LogP contribution < -0.4 is 15.5 Å². The predicted octanol–water partition coefficient (Wildman–Crippen LogP) is 2.81. The first-order valence-corrected chi connectivity index (χ1v) is 8.19. The average molecular weight is 326 g/mol. The minimum Gasteiger partial charge on any atom is -0.339 e. The summed E-state index contributed by atoms with van der Waals surface area (Å²) in [6.45, 7) is 5.66. The van der Waals surface area contributed by atoms with Crippen LogP contribution in [-0.4, -0.2) is 34.2 Å². The van der Waals surface area contributed by atoms with Gasteiger partial charge in [-0.15, -0.1) is 5.10 Å². The van der Waals surface area contributed by atoms with Crippen molar-refractivity contribution in [2.24, 2.45) is 5.92 Å². The van der Waals surface area contributed by atoms with Gasteiger partial charge in [0.1, 0.15) is 0 Å². The van der Waals surface area contributed by atoms with Crippen LogP contribution in [0.3, 0.4) is 0 Å². The highest BCUT2D eigenvalue weighted by Crippen LogP contribution is 2.22. The summed E-state index contributed by atoms with van der Waals surface area (Å²) in [5.74, 6) is 1.84. The van der Waals surface area contributed by atoms with Gasteiger partial charge in [0.15, 0.2) is 5.82 Å². The molecule has 24 heavy (non-hydrogen) atoms. The number of carbonyl (C=O) groups is 1. The second-order valence-electron chi connectivity index (χ2n) is 6.22. The van der Waals surface area contributed by atoms with Crippen LogP contribution in [0, 0.1) is 5.92 Å². The first kappa shape index (κ1) is 16.2. The van der Waals surface area contributed by atoms with E-state index in [-0.39, 0.29) is 5.91 Å². The monoisotopic (exact) mass is 326 g/mol. The number of carbonyl (C=O) groups excluding carboxylic acids is 1. The fourth-order valence-corrected chi connectivity index (χ4v) is 2.89. The lowest BCUT2D eigenvalue weighted by Crippen LogP contribution is -2.35. The fraction of sp³-hybridized carbons (Fsp3) is 0.412. The van der Waals surface area contributed by atoms with E-state index >= 15 is 0 Å². The number of nitrogens with one attached hydrogen (secondary N) is 2. The van der Waals surface area contributed by atoms with Crippen molar-refractivity contribution in [3.05, 3.63) is 30.5 Å². The maximum atomic E-state index is 11.2. The molecule has 2 aromatic rings. The highest BCUT2D eigenvalue weighted by molar-refractivity contribution is 5.89. The molecule has 0 bridgehead atoms. The zero-order valence-electron chi connectivity index (χ0n) is 14.0. The molecule has 1 aromatic carbocycles. The van der Waals surface area contributed by atoms with Crippen LogP contribution in [0.1, 0.15) is 26.7 Å². The Kier molecular flexibility index (Phi) is 4.88. The minimum absolute atomic E-state index is 0.0997. The van der Waals surface area contributed by atoms with E-state index in [2.05, 4.69) is 37.6 Å². The van der Waals surface area contributed by atoms with E-state index < -0.39 is 0 Å². The van der Waals surface area contributed by atoms with Gasteiger partial charge >= 0.3 is 0 Å². The molecule has 126 valence electrons. The average Bonchev–Trinajstić information content (AvgIpc) is 2.55. The van der Waals surface area contributed by atoms with Gasteiger partial charge in [0.05, 0.1) is 6.20 Å². The van der Waals surface area contributed by atoms with E-state index in [0.717, 1.165) is 30.9 Å². The summed E-state index contributed by atoms with van der Waals surface area (Å²) in [7, 11) is 0. The molecule has 7 heteroatoms. The third kappa shape index (κ3) is 4.18. The van der Waals surface area contributed by atoms with Crippen molar-refractivity contribution >= 4 is 29.0 Å². The second-order valence-corrected chi connectivity index (χ2v) is 6.22. The van der Waals surface area contributed by atoms with Crippen LogP contribution in [0.5, 0.6) is 0 Å². The highest BCUT2D eigenvalue weighted by Gasteiger charge is 2.19. The zero-order valence-corrected chi connectivity index (χ0v) is 14.0. The Balaban J connectivity index is 1.74. The van der Waals surface area contributed by atoms with Crippen molar-refractivity contribution in [2.45, 2.75) is 26.7 Å². The fourth-order valence-electron chi connectivity index (χ4n) is 2.89. The van der Waals surface area contributed by atoms with Crippen LogP contribution in [-0.2, 0) is 4.79 Å². The van der Waals surface area contributed by atoms with Crippen molar-refractivity contribution in [1.29, 1.82) is 0 Å². The number of nitrogens with zero attached hydrogens (tertiary/aromatic N) is 4. The van der Waals surface area contributed by atoms with Gasteiger partial charge in [0.2, 0.25) is 11.9 Å². The molecule has 1 aliphatic heterocycles. The summed E-state index contributed by atoms with van der Waals surface area (Å²) in [5.41, 5.74) is 1.57. The summed E-state index contributed by atoms with van der Waals surface area (Å²) in [4.78, 5) is 17.9. The molecular formula is C17H22N6O. The number of piperidine rings is 1. The molecule has 1 aliphatic rings. The van der Waals surface area contributed by atoms with Crippen LogP contribution in [0.25, 0.3) is 0 Å². The molecule has 1 unspecified atom stereocenters. The molecule has 2 N–H and O–H groups in total. The Morgan fingerprint density at radius 3 is 2.96 bits per heavy atom. The normalized spacial score (nSPS) is 17.4. The van der Waals surface area contributed by atoms with Gasteiger partial charge in [-0.05, 0) is 37.0 Å². The second kappa shape index (κ2) is 7.25. The molecule has 0 radical (unpaired) electrons. The topological polar surface area (TPSA) is 83.0 Å². The molecule has 0 saturated carbocycles. The molecule has 7 nitrogen and oxygen atoms in total. The molecule has 3 rings (SSSR count). The third-order valence-electron chi connectivity index (χ3n) is 3.94. The maximum Gasteiger partial charge on any atom is 0.247 e. The van der Waals surface area contributed by atoms with E-state index in [1.807, 2.05) is 24.3 Å². The largest absolute Gasteiger partial charge is 0.339 e. The molecule has 0 aliphatic carbocycles. The lowest BCUT2D eigenvalue weighted by Gasteiger charge is -2.30. The summed E-state index contributed by atoms with van der Waals surface area (Å²) in [6.07, 6.45) is 4.00. The van der Waals surface area contributed by atoms with Gasteiger partial charge in [-0.2, -0.15) is 10.1 Å². The molecule has 1 fully saturated rings. The number of rotatable bonds is 4. The molecule has 1 atom stereocenters. The quantitative estimate of drug-likeness (QED) is 0.899. The van der Waals surface area contributed by atoms with Gasteiger partial charge in [0, 0.05) is 31.4 Å². The number of amides is 1. The zero-order chi connectivity index (χ0) is 16.9. The Labute approximate surface area is 141 Å². The van der Waals surface area contributed by atoms with E-state index in [0.29, 0.717) is 17.7 Å². The molecular weight excluding hydrogens is 304 g/mol. The van der Waals surface area contributed by atoms with Gasteiger partial charge in [-0.3, -0.25) is 4.79 Å². The highest BCUT2D eigenvalue weighted by atomic mass is 16.1. The maximum absolute atomic E-state index is 11.2. The van der Waals surface area contributed by atoms with Gasteiger partial charge in [0.25, 0.3) is 0 Å². The smallest absolute Gasteiger partial charge is 0.247 e. The van der Waals surface area contributed by atoms with E-state index in [1.165, 1.54) is 13.3 Å². The Morgan fingerprint density at radius 2 is 2.17 bits per heavy atom. The van der Waals surface area contributed by atoms with E-state index in [9.17, 15) is 4.79 Å². The minimum atomic E-state index is -0.0997. The molecule has 1 aromatic heterocycles. The van der Waals surface area contributed by atoms with Crippen LogP contribution in [0.2, 0.25) is 0 Å². The Hall–Kier alpha value is -2.70. The predicted molar refractivity (Wildman–Crippen MR) is 94.5 cm³/mol. The van der Waals surface area contributed by atoms with Crippen LogP contribution in [0.15, 0.2) is 30.5 Å². The van der Waals surface area contributed by atoms with Gasteiger partial charge in [-0.25, -0.2) is 0 Å². The number of aromatic nitrogens is 3. The van der Waals surface area contributed by atoms with Crippen LogP contribution in [0.4, 0.5) is 23.1 Å². The van der Waals surface area contributed by atoms with Crippen molar-refractivity contribution < 1.29 is 4.79 Å².